The van der Waals surface area contributed by atoms with Gasteiger partial charge in [-0.15, -0.1) is 0 Å². The molecule has 3 aromatic rings. The quantitative estimate of drug-likeness (QED) is 0.535. The lowest BCUT2D eigenvalue weighted by Crippen LogP contribution is -2.36. The summed E-state index contributed by atoms with van der Waals surface area (Å²) in [5.74, 6) is 1.38. The van der Waals surface area contributed by atoms with Crippen LogP contribution in [0, 0.1) is 13.8 Å². The Morgan fingerprint density at radius 3 is 2.47 bits per heavy atom. The number of likely N-dealkylation sites (N-methyl/N-ethyl adjacent to an activating group) is 1. The minimum Gasteiger partial charge on any atom is -0.489 e. The van der Waals surface area contributed by atoms with E-state index < -0.39 is 0 Å². The second-order valence-corrected chi connectivity index (χ2v) is 7.63. The SMILES string of the molecule is Cc1noc(C)c1COc1cccc(C(=O)N(CCN(C)C)Cc2ccccc2)c1. The maximum Gasteiger partial charge on any atom is 0.254 e. The molecule has 0 aliphatic carbocycles. The van der Waals surface area contributed by atoms with Gasteiger partial charge >= 0.3 is 0 Å². The molecule has 2 aromatic carbocycles. The van der Waals surface area contributed by atoms with Gasteiger partial charge in [0.05, 0.1) is 11.3 Å². The predicted molar refractivity (Wildman–Crippen MR) is 116 cm³/mol. The molecule has 0 spiro atoms. The summed E-state index contributed by atoms with van der Waals surface area (Å²) in [5.41, 5.74) is 3.47. The number of benzene rings is 2. The van der Waals surface area contributed by atoms with Crippen molar-refractivity contribution in [2.75, 3.05) is 27.2 Å². The lowest BCUT2D eigenvalue weighted by molar-refractivity contribution is 0.0731. The first-order valence-electron chi connectivity index (χ1n) is 10.1. The van der Waals surface area contributed by atoms with E-state index in [9.17, 15) is 4.79 Å². The summed E-state index contributed by atoms with van der Waals surface area (Å²) in [7, 11) is 4.02. The second kappa shape index (κ2) is 10.1. The Bertz CT molecular complexity index is 947. The minimum atomic E-state index is -0.0107. The summed E-state index contributed by atoms with van der Waals surface area (Å²) in [6.07, 6.45) is 0. The largest absolute Gasteiger partial charge is 0.489 e. The van der Waals surface area contributed by atoms with E-state index in [1.54, 1.807) is 6.07 Å². The van der Waals surface area contributed by atoms with Crippen molar-refractivity contribution >= 4 is 5.91 Å². The molecule has 1 aromatic heterocycles. The smallest absolute Gasteiger partial charge is 0.254 e. The molecule has 0 aliphatic heterocycles. The van der Waals surface area contributed by atoms with Crippen LogP contribution >= 0.6 is 0 Å². The number of amides is 1. The number of ether oxygens (including phenoxy) is 1. The van der Waals surface area contributed by atoms with E-state index in [2.05, 4.69) is 10.1 Å². The molecule has 0 unspecified atom stereocenters. The third-order valence-electron chi connectivity index (χ3n) is 4.97. The van der Waals surface area contributed by atoms with E-state index in [0.717, 1.165) is 29.1 Å². The van der Waals surface area contributed by atoms with Gasteiger partial charge in [-0.3, -0.25) is 4.79 Å². The van der Waals surface area contributed by atoms with Crippen LogP contribution in [0.4, 0.5) is 0 Å². The fourth-order valence-electron chi connectivity index (χ4n) is 3.14. The molecule has 6 nitrogen and oxygen atoms in total. The number of nitrogens with zero attached hydrogens (tertiary/aromatic N) is 3. The molecule has 1 heterocycles. The Hall–Kier alpha value is -3.12. The van der Waals surface area contributed by atoms with Gasteiger partial charge in [0.2, 0.25) is 0 Å². The Morgan fingerprint density at radius 2 is 1.80 bits per heavy atom. The van der Waals surface area contributed by atoms with Gasteiger partial charge in [0, 0.05) is 25.2 Å². The minimum absolute atomic E-state index is 0.0107. The van der Waals surface area contributed by atoms with Crippen molar-refractivity contribution in [1.29, 1.82) is 0 Å². The third kappa shape index (κ3) is 5.70. The zero-order valence-corrected chi connectivity index (χ0v) is 18.1. The maximum atomic E-state index is 13.3. The Balaban J connectivity index is 1.74. The Morgan fingerprint density at radius 1 is 1.03 bits per heavy atom. The van der Waals surface area contributed by atoms with Gasteiger partial charge in [0.1, 0.15) is 18.1 Å². The zero-order valence-electron chi connectivity index (χ0n) is 18.1. The number of hydrogen-bond acceptors (Lipinski definition) is 5. The van der Waals surface area contributed by atoms with Crippen LogP contribution in [0.25, 0.3) is 0 Å². The van der Waals surface area contributed by atoms with Crippen LogP contribution in [0.3, 0.4) is 0 Å². The van der Waals surface area contributed by atoms with Gasteiger partial charge < -0.3 is 19.1 Å². The monoisotopic (exact) mass is 407 g/mol. The van der Waals surface area contributed by atoms with E-state index >= 15 is 0 Å². The summed E-state index contributed by atoms with van der Waals surface area (Å²) in [6, 6.07) is 17.4. The van der Waals surface area contributed by atoms with Crippen LogP contribution in [0.15, 0.2) is 59.1 Å². The summed E-state index contributed by atoms with van der Waals surface area (Å²) in [6.45, 7) is 6.11. The van der Waals surface area contributed by atoms with Crippen molar-refractivity contribution in [3.8, 4) is 5.75 Å². The normalized spacial score (nSPS) is 11.0. The van der Waals surface area contributed by atoms with Gasteiger partial charge in [-0.2, -0.15) is 0 Å². The van der Waals surface area contributed by atoms with Crippen LogP contribution in [0.2, 0.25) is 0 Å². The average Bonchev–Trinajstić information content (AvgIpc) is 3.07. The molecule has 1 amide bonds. The molecule has 0 aliphatic rings. The molecule has 158 valence electrons. The Kier molecular flexibility index (Phi) is 7.25. The Labute approximate surface area is 178 Å². The average molecular weight is 408 g/mol. The van der Waals surface area contributed by atoms with E-state index in [1.807, 2.05) is 81.4 Å². The van der Waals surface area contributed by atoms with Gasteiger partial charge in [0.15, 0.2) is 0 Å². The lowest BCUT2D eigenvalue weighted by atomic mass is 10.1. The van der Waals surface area contributed by atoms with Gasteiger partial charge in [-0.25, -0.2) is 0 Å². The second-order valence-electron chi connectivity index (χ2n) is 7.63. The molecule has 6 heteroatoms. The van der Waals surface area contributed by atoms with Crippen LogP contribution in [0.1, 0.15) is 32.9 Å². The molecule has 0 fully saturated rings. The number of carbonyl (C=O) groups is 1. The van der Waals surface area contributed by atoms with Gasteiger partial charge in [-0.1, -0.05) is 41.6 Å². The van der Waals surface area contributed by atoms with E-state index in [4.69, 9.17) is 9.26 Å². The highest BCUT2D eigenvalue weighted by Gasteiger charge is 2.17. The van der Waals surface area contributed by atoms with Crippen LogP contribution in [0.5, 0.6) is 5.75 Å². The zero-order chi connectivity index (χ0) is 21.5. The number of rotatable bonds is 9. The lowest BCUT2D eigenvalue weighted by Gasteiger charge is -2.25. The first-order chi connectivity index (χ1) is 14.4. The topological polar surface area (TPSA) is 58.8 Å². The van der Waals surface area contributed by atoms with Gasteiger partial charge in [0.25, 0.3) is 5.91 Å². The van der Waals surface area contributed by atoms with E-state index in [1.165, 1.54) is 0 Å². The molecule has 0 N–H and O–H groups in total. The first-order valence-corrected chi connectivity index (χ1v) is 10.1. The highest BCUT2D eigenvalue weighted by atomic mass is 16.5. The number of aromatic nitrogens is 1. The molecule has 0 atom stereocenters. The van der Waals surface area contributed by atoms with Crippen molar-refractivity contribution in [3.63, 3.8) is 0 Å². The molecule has 0 radical (unpaired) electrons. The fraction of sp³-hybridized carbons (Fsp3) is 0.333. The number of carbonyl (C=O) groups excluding carboxylic acids is 1. The predicted octanol–water partition coefficient (Wildman–Crippen LogP) is 4.07. The van der Waals surface area contributed by atoms with Crippen LogP contribution in [-0.4, -0.2) is 48.0 Å². The molecule has 30 heavy (non-hydrogen) atoms. The van der Waals surface area contributed by atoms with Crippen molar-refractivity contribution < 1.29 is 14.1 Å². The summed E-state index contributed by atoms with van der Waals surface area (Å²) in [5, 5.41) is 3.95. The number of hydrogen-bond donors (Lipinski definition) is 0. The summed E-state index contributed by atoms with van der Waals surface area (Å²) in [4.78, 5) is 17.2. The van der Waals surface area contributed by atoms with Crippen LogP contribution in [-0.2, 0) is 13.2 Å². The van der Waals surface area contributed by atoms with Crippen molar-refractivity contribution in [3.05, 3.63) is 82.7 Å². The van der Waals surface area contributed by atoms with Crippen molar-refractivity contribution in [2.45, 2.75) is 27.0 Å². The number of aryl methyl sites for hydroxylation is 2. The summed E-state index contributed by atoms with van der Waals surface area (Å²) >= 11 is 0. The van der Waals surface area contributed by atoms with Crippen molar-refractivity contribution in [1.82, 2.24) is 15.0 Å². The summed E-state index contributed by atoms with van der Waals surface area (Å²) < 4.78 is 11.1. The molecular formula is C24H29N3O3. The molecule has 0 saturated heterocycles. The molecule has 3 rings (SSSR count). The van der Waals surface area contributed by atoms with Crippen LogP contribution < -0.4 is 4.74 Å². The molecule has 0 bridgehead atoms. The highest BCUT2D eigenvalue weighted by Crippen LogP contribution is 2.20. The standard InChI is InChI=1S/C24H29N3O3/c1-18-23(19(2)30-25-18)17-29-22-12-8-11-21(15-22)24(28)27(14-13-26(3)4)16-20-9-6-5-7-10-20/h5-12,15H,13-14,16-17H2,1-4H3. The van der Waals surface area contributed by atoms with E-state index in [-0.39, 0.29) is 5.91 Å². The van der Waals surface area contributed by atoms with Gasteiger partial charge in [-0.05, 0) is 51.7 Å². The molecular weight excluding hydrogens is 378 g/mol. The highest BCUT2D eigenvalue weighted by molar-refractivity contribution is 5.94. The fourth-order valence-corrected chi connectivity index (χ4v) is 3.14. The first kappa shape index (κ1) is 21.6. The van der Waals surface area contributed by atoms with Crippen molar-refractivity contribution in [2.24, 2.45) is 0 Å². The third-order valence-corrected chi connectivity index (χ3v) is 4.97. The van der Waals surface area contributed by atoms with E-state index in [0.29, 0.717) is 31.0 Å². The molecule has 0 saturated carbocycles. The maximum absolute atomic E-state index is 13.3.